The van der Waals surface area contributed by atoms with Gasteiger partial charge in [-0.15, -0.1) is 0 Å². The highest BCUT2D eigenvalue weighted by Gasteiger charge is 2.23. The van der Waals surface area contributed by atoms with E-state index in [1.807, 2.05) is 18.2 Å². The minimum atomic E-state index is -0.661. The van der Waals surface area contributed by atoms with Crippen LogP contribution in [-0.2, 0) is 11.2 Å². The van der Waals surface area contributed by atoms with Crippen molar-refractivity contribution in [3.8, 4) is 0 Å². The van der Waals surface area contributed by atoms with Crippen molar-refractivity contribution in [2.24, 2.45) is 0 Å². The third-order valence-electron chi connectivity index (χ3n) is 3.72. The Kier molecular flexibility index (Phi) is 6.43. The second kappa shape index (κ2) is 9.18. The van der Waals surface area contributed by atoms with Crippen molar-refractivity contribution in [1.29, 1.82) is 0 Å². The van der Waals surface area contributed by atoms with E-state index < -0.39 is 10.6 Å². The SMILES string of the molecule is O=C(Cc1ccccc1)NNc1ncnc(Nc2ccc(Cl)c(Cl)c2)c1[N+](=O)[O-]. The summed E-state index contributed by atoms with van der Waals surface area (Å²) in [6.45, 7) is 0. The summed E-state index contributed by atoms with van der Waals surface area (Å²) < 4.78 is 0. The summed E-state index contributed by atoms with van der Waals surface area (Å²) in [6, 6.07) is 13.7. The lowest BCUT2D eigenvalue weighted by molar-refractivity contribution is -0.383. The number of halogens is 2. The molecule has 3 N–H and O–H groups in total. The molecule has 3 rings (SSSR count). The van der Waals surface area contributed by atoms with Crippen molar-refractivity contribution >= 4 is 52.1 Å². The molecule has 0 aliphatic heterocycles. The number of amides is 1. The van der Waals surface area contributed by atoms with E-state index >= 15 is 0 Å². The Morgan fingerprint density at radius 3 is 2.45 bits per heavy atom. The van der Waals surface area contributed by atoms with Crippen molar-refractivity contribution in [3.63, 3.8) is 0 Å². The fraction of sp³-hybridized carbons (Fsp3) is 0.0556. The van der Waals surface area contributed by atoms with Crippen LogP contribution >= 0.6 is 23.2 Å². The summed E-state index contributed by atoms with van der Waals surface area (Å²) in [5.41, 5.74) is 5.68. The third kappa shape index (κ3) is 5.31. The molecule has 0 spiro atoms. The Hall–Kier alpha value is -3.43. The number of rotatable bonds is 7. The van der Waals surface area contributed by atoms with Crippen LogP contribution in [0.3, 0.4) is 0 Å². The van der Waals surface area contributed by atoms with Gasteiger partial charge >= 0.3 is 5.69 Å². The van der Waals surface area contributed by atoms with Crippen molar-refractivity contribution < 1.29 is 9.72 Å². The molecule has 0 aliphatic rings. The first-order valence-corrected chi connectivity index (χ1v) is 9.00. The van der Waals surface area contributed by atoms with Gasteiger partial charge in [0.1, 0.15) is 6.33 Å². The number of hydrogen-bond acceptors (Lipinski definition) is 7. The quantitative estimate of drug-likeness (QED) is 0.378. The highest BCUT2D eigenvalue weighted by Crippen LogP contribution is 2.32. The number of nitro groups is 1. The van der Waals surface area contributed by atoms with Gasteiger partial charge in [-0.05, 0) is 23.8 Å². The summed E-state index contributed by atoms with van der Waals surface area (Å²) in [5, 5.41) is 15.0. The molecule has 0 saturated carbocycles. The van der Waals surface area contributed by atoms with Gasteiger partial charge in [0, 0.05) is 5.69 Å². The number of hydrogen-bond donors (Lipinski definition) is 3. The highest BCUT2D eigenvalue weighted by molar-refractivity contribution is 6.42. The average molecular weight is 433 g/mol. The van der Waals surface area contributed by atoms with Crippen molar-refractivity contribution in [2.45, 2.75) is 6.42 Å². The Morgan fingerprint density at radius 2 is 1.76 bits per heavy atom. The van der Waals surface area contributed by atoms with Gasteiger partial charge in [0.15, 0.2) is 0 Å². The first-order valence-electron chi connectivity index (χ1n) is 8.24. The molecule has 0 aliphatic carbocycles. The molecule has 0 saturated heterocycles. The molecule has 1 amide bonds. The number of carbonyl (C=O) groups excluding carboxylic acids is 1. The monoisotopic (exact) mass is 432 g/mol. The van der Waals surface area contributed by atoms with E-state index in [1.54, 1.807) is 24.3 Å². The van der Waals surface area contributed by atoms with Crippen LogP contribution in [0.1, 0.15) is 5.56 Å². The van der Waals surface area contributed by atoms with Gasteiger partial charge in [-0.2, -0.15) is 0 Å². The molecule has 2 aromatic carbocycles. The average Bonchev–Trinajstić information content (AvgIpc) is 2.70. The first-order chi connectivity index (χ1) is 13.9. The molecule has 148 valence electrons. The van der Waals surface area contributed by atoms with E-state index in [0.29, 0.717) is 10.7 Å². The van der Waals surface area contributed by atoms with Crippen LogP contribution in [0.4, 0.5) is 23.0 Å². The van der Waals surface area contributed by atoms with E-state index in [9.17, 15) is 14.9 Å². The summed E-state index contributed by atoms with van der Waals surface area (Å²) in [6.07, 6.45) is 1.22. The molecule has 29 heavy (non-hydrogen) atoms. The summed E-state index contributed by atoms with van der Waals surface area (Å²) in [5.74, 6) is -0.639. The lowest BCUT2D eigenvalue weighted by Crippen LogP contribution is -2.31. The van der Waals surface area contributed by atoms with E-state index in [-0.39, 0.29) is 29.0 Å². The molecule has 0 bridgehead atoms. The lowest BCUT2D eigenvalue weighted by Gasteiger charge is -2.11. The van der Waals surface area contributed by atoms with Gasteiger partial charge in [0.05, 0.1) is 21.4 Å². The van der Waals surface area contributed by atoms with Gasteiger partial charge in [0.25, 0.3) is 0 Å². The van der Waals surface area contributed by atoms with Gasteiger partial charge in [-0.25, -0.2) is 9.97 Å². The number of aromatic nitrogens is 2. The Bertz CT molecular complexity index is 1050. The van der Waals surface area contributed by atoms with Gasteiger partial charge < -0.3 is 5.32 Å². The molecule has 0 fully saturated rings. The predicted octanol–water partition coefficient (Wildman–Crippen LogP) is 4.12. The summed E-state index contributed by atoms with van der Waals surface area (Å²) in [4.78, 5) is 30.8. The first kappa shape index (κ1) is 20.3. The molecule has 0 unspecified atom stereocenters. The molecule has 0 radical (unpaired) electrons. The second-order valence-electron chi connectivity index (χ2n) is 5.77. The van der Waals surface area contributed by atoms with Crippen molar-refractivity contribution in [2.75, 3.05) is 10.7 Å². The number of benzene rings is 2. The van der Waals surface area contributed by atoms with Crippen LogP contribution in [0.25, 0.3) is 0 Å². The van der Waals surface area contributed by atoms with E-state index in [4.69, 9.17) is 23.2 Å². The summed E-state index contributed by atoms with van der Waals surface area (Å²) >= 11 is 11.8. The Labute approximate surface area is 175 Å². The van der Waals surface area contributed by atoms with E-state index in [1.165, 1.54) is 6.07 Å². The second-order valence-corrected chi connectivity index (χ2v) is 6.58. The van der Waals surface area contributed by atoms with Crippen LogP contribution < -0.4 is 16.2 Å². The van der Waals surface area contributed by atoms with Crippen LogP contribution in [0.2, 0.25) is 10.0 Å². The Balaban J connectivity index is 1.76. The minimum Gasteiger partial charge on any atom is -0.334 e. The minimum absolute atomic E-state index is 0.0804. The van der Waals surface area contributed by atoms with Crippen molar-refractivity contribution in [3.05, 3.63) is 80.6 Å². The normalized spacial score (nSPS) is 10.3. The molecule has 11 heteroatoms. The summed E-state index contributed by atoms with van der Waals surface area (Å²) in [7, 11) is 0. The Morgan fingerprint density at radius 1 is 1.03 bits per heavy atom. The van der Waals surface area contributed by atoms with Gasteiger partial charge in [0.2, 0.25) is 17.5 Å². The lowest BCUT2D eigenvalue weighted by atomic mass is 10.1. The van der Waals surface area contributed by atoms with Crippen LogP contribution in [0.15, 0.2) is 54.9 Å². The highest BCUT2D eigenvalue weighted by atomic mass is 35.5. The standard InChI is InChI=1S/C18H14Cl2N6O3/c19-13-7-6-12(9-14(13)20)23-17-16(26(28)29)18(22-10-21-17)25-24-15(27)8-11-4-2-1-3-5-11/h1-7,9-10H,8H2,(H,24,27)(H2,21,22,23,25). The fourth-order valence-corrected chi connectivity index (χ4v) is 2.70. The maximum absolute atomic E-state index is 12.1. The maximum Gasteiger partial charge on any atom is 0.355 e. The molecule has 3 aromatic rings. The number of anilines is 3. The number of hydrazine groups is 1. The molecule has 1 aromatic heterocycles. The molecular formula is C18H14Cl2N6O3. The van der Waals surface area contributed by atoms with Crippen molar-refractivity contribution in [1.82, 2.24) is 15.4 Å². The zero-order chi connectivity index (χ0) is 20.8. The molecule has 9 nitrogen and oxygen atoms in total. The van der Waals surface area contributed by atoms with Crippen LogP contribution in [0.5, 0.6) is 0 Å². The smallest absolute Gasteiger partial charge is 0.334 e. The van der Waals surface area contributed by atoms with Gasteiger partial charge in [-0.3, -0.25) is 25.8 Å². The molecule has 1 heterocycles. The van der Waals surface area contributed by atoms with Crippen LogP contribution in [0, 0.1) is 10.1 Å². The predicted molar refractivity (Wildman–Crippen MR) is 110 cm³/mol. The van der Waals surface area contributed by atoms with Crippen LogP contribution in [-0.4, -0.2) is 20.8 Å². The number of nitrogens with one attached hydrogen (secondary N) is 3. The maximum atomic E-state index is 12.1. The number of carbonyl (C=O) groups is 1. The number of nitrogens with zero attached hydrogens (tertiary/aromatic N) is 3. The third-order valence-corrected chi connectivity index (χ3v) is 4.45. The topological polar surface area (TPSA) is 122 Å². The van der Waals surface area contributed by atoms with E-state index in [2.05, 4.69) is 26.1 Å². The molecular weight excluding hydrogens is 419 g/mol. The molecule has 0 atom stereocenters. The fourth-order valence-electron chi connectivity index (χ4n) is 2.40. The zero-order valence-electron chi connectivity index (χ0n) is 14.7. The largest absolute Gasteiger partial charge is 0.355 e. The van der Waals surface area contributed by atoms with E-state index in [0.717, 1.165) is 11.9 Å². The zero-order valence-corrected chi connectivity index (χ0v) is 16.2. The van der Waals surface area contributed by atoms with Gasteiger partial charge in [-0.1, -0.05) is 53.5 Å².